The van der Waals surface area contributed by atoms with Gasteiger partial charge < -0.3 is 0 Å². The zero-order valence-electron chi connectivity index (χ0n) is 23.9. The molecule has 0 aliphatic carbocycles. The van der Waals surface area contributed by atoms with Crippen LogP contribution in [0.5, 0.6) is 0 Å². The van der Waals surface area contributed by atoms with Crippen LogP contribution in [0.15, 0.2) is 91.0 Å². The fourth-order valence-electron chi connectivity index (χ4n) is 1.96. The van der Waals surface area contributed by atoms with E-state index in [1.165, 1.54) is 16.7 Å². The second kappa shape index (κ2) is 42.7. The molecule has 32 heavy (non-hydrogen) atoms. The summed E-state index contributed by atoms with van der Waals surface area (Å²) >= 11 is 0. The molecule has 0 aliphatic heterocycles. The monoisotopic (exact) mass is 440 g/mol. The van der Waals surface area contributed by atoms with Crippen molar-refractivity contribution in [3.8, 4) is 0 Å². The Morgan fingerprint density at radius 2 is 0.562 bits per heavy atom. The number of benzene rings is 3. The summed E-state index contributed by atoms with van der Waals surface area (Å²) in [6.07, 6.45) is 1.03. The van der Waals surface area contributed by atoms with Crippen LogP contribution in [0.25, 0.3) is 0 Å². The molecule has 0 nitrogen and oxygen atoms in total. The molecule has 0 N–H and O–H groups in total. The highest BCUT2D eigenvalue weighted by atomic mass is 14.0. The average molecular weight is 441 g/mol. The summed E-state index contributed by atoms with van der Waals surface area (Å²) in [5.41, 5.74) is 4.06. The molecule has 0 bridgehead atoms. The maximum atomic E-state index is 2.16. The summed E-state index contributed by atoms with van der Waals surface area (Å²) < 4.78 is 0. The topological polar surface area (TPSA) is 0 Å². The largest absolute Gasteiger partial charge is 0.0683 e. The van der Waals surface area contributed by atoms with E-state index in [2.05, 4.69) is 79.7 Å². The third-order valence-electron chi connectivity index (χ3n) is 3.03. The van der Waals surface area contributed by atoms with Gasteiger partial charge in [0.05, 0.1) is 0 Å². The zero-order valence-corrected chi connectivity index (χ0v) is 23.9. The van der Waals surface area contributed by atoms with Crippen LogP contribution in [-0.2, 0) is 6.42 Å². The van der Waals surface area contributed by atoms with E-state index < -0.39 is 0 Å². The molecule has 0 amide bonds. The van der Waals surface area contributed by atoms with Crippen molar-refractivity contribution in [1.82, 2.24) is 0 Å². The lowest BCUT2D eigenvalue weighted by Crippen LogP contribution is -1.85. The minimum Gasteiger partial charge on any atom is -0.0683 e. The highest BCUT2D eigenvalue weighted by Gasteiger charge is 1.92. The molecule has 0 aromatic heterocycles. The predicted molar refractivity (Wildman–Crippen MR) is 155 cm³/mol. The fraction of sp³-hybridized carbons (Fsp3) is 0.438. The van der Waals surface area contributed by atoms with E-state index >= 15 is 0 Å². The SMILES string of the molecule is CC.CC.CC.CC.CC.CC.Cc1ccccc1.c1ccc(Cc2ccccc2)cc1. The molecule has 0 spiro atoms. The molecule has 3 aromatic carbocycles. The lowest BCUT2D eigenvalue weighted by Gasteiger charge is -2.00. The molecule has 184 valence electrons. The Labute approximate surface area is 204 Å². The first-order valence-electron chi connectivity index (χ1n) is 12.9. The lowest BCUT2D eigenvalue weighted by molar-refractivity contribution is 1.19. The van der Waals surface area contributed by atoms with Crippen LogP contribution in [0.1, 0.15) is 99.8 Å². The van der Waals surface area contributed by atoms with Crippen LogP contribution in [0.4, 0.5) is 0 Å². The fourth-order valence-corrected chi connectivity index (χ4v) is 1.96. The maximum Gasteiger partial charge on any atom is -0.00258 e. The second-order valence-corrected chi connectivity index (χ2v) is 4.80. The van der Waals surface area contributed by atoms with Gasteiger partial charge in [-0.3, -0.25) is 0 Å². The third kappa shape index (κ3) is 29.9. The molecule has 0 heterocycles. The van der Waals surface area contributed by atoms with Gasteiger partial charge in [-0.15, -0.1) is 0 Å². The Bertz CT molecular complexity index is 545. The number of aryl methyl sites for hydroxylation is 1. The van der Waals surface area contributed by atoms with Crippen LogP contribution in [0.3, 0.4) is 0 Å². The molecule has 0 saturated heterocycles. The molecule has 0 heteroatoms. The second-order valence-electron chi connectivity index (χ2n) is 4.80. The van der Waals surface area contributed by atoms with Crippen molar-refractivity contribution in [2.24, 2.45) is 0 Å². The smallest absolute Gasteiger partial charge is 0.00258 e. The summed E-state index contributed by atoms with van der Waals surface area (Å²) in [4.78, 5) is 0. The lowest BCUT2D eigenvalue weighted by atomic mass is 10.1. The summed E-state index contributed by atoms with van der Waals surface area (Å²) in [7, 11) is 0. The normalized spacial score (nSPS) is 7.03. The zero-order chi connectivity index (χ0) is 26.0. The Kier molecular flexibility index (Phi) is 53.5. The third-order valence-corrected chi connectivity index (χ3v) is 3.03. The molecule has 0 fully saturated rings. The van der Waals surface area contributed by atoms with Gasteiger partial charge in [0.15, 0.2) is 0 Å². The van der Waals surface area contributed by atoms with E-state index in [0.717, 1.165) is 6.42 Å². The molecular weight excluding hydrogens is 384 g/mol. The first kappa shape index (κ1) is 40.1. The van der Waals surface area contributed by atoms with Gasteiger partial charge in [0.25, 0.3) is 0 Å². The van der Waals surface area contributed by atoms with Gasteiger partial charge in [0.1, 0.15) is 0 Å². The van der Waals surface area contributed by atoms with Gasteiger partial charge in [-0.2, -0.15) is 0 Å². The van der Waals surface area contributed by atoms with E-state index in [0.29, 0.717) is 0 Å². The minimum atomic E-state index is 1.03. The summed E-state index contributed by atoms with van der Waals surface area (Å²) in [5.74, 6) is 0. The average Bonchev–Trinajstić information content (AvgIpc) is 2.93. The van der Waals surface area contributed by atoms with Crippen molar-refractivity contribution < 1.29 is 0 Å². The first-order chi connectivity index (χ1) is 15.8. The summed E-state index contributed by atoms with van der Waals surface area (Å²) in [6, 6.07) is 31.3. The first-order valence-corrected chi connectivity index (χ1v) is 12.9. The highest BCUT2D eigenvalue weighted by Crippen LogP contribution is 2.07. The molecule has 3 rings (SSSR count). The maximum absolute atomic E-state index is 2.16. The quantitative estimate of drug-likeness (QED) is 0.371. The van der Waals surface area contributed by atoms with E-state index in [4.69, 9.17) is 0 Å². The number of rotatable bonds is 2. The molecule has 0 radical (unpaired) electrons. The Morgan fingerprint density at radius 1 is 0.344 bits per heavy atom. The molecule has 0 saturated carbocycles. The van der Waals surface area contributed by atoms with Gasteiger partial charge >= 0.3 is 0 Å². The van der Waals surface area contributed by atoms with Crippen molar-refractivity contribution in [3.63, 3.8) is 0 Å². The van der Waals surface area contributed by atoms with Crippen molar-refractivity contribution in [2.45, 2.75) is 96.4 Å². The van der Waals surface area contributed by atoms with Crippen LogP contribution in [0.2, 0.25) is 0 Å². The standard InChI is InChI=1S/C13H12.C7H8.6C2H6/c1-3-7-12(8-4-1)11-13-9-5-2-6-10-13;1-7-5-3-2-4-6-7;6*1-2/h1-10H,11H2;2-6H,1H3;6*1-2H3. The Morgan fingerprint density at radius 3 is 0.750 bits per heavy atom. The molecular formula is C32H56. The van der Waals surface area contributed by atoms with Gasteiger partial charge in [0, 0.05) is 0 Å². The number of hydrogen-bond donors (Lipinski definition) is 0. The van der Waals surface area contributed by atoms with Crippen molar-refractivity contribution in [2.75, 3.05) is 0 Å². The van der Waals surface area contributed by atoms with Crippen molar-refractivity contribution >= 4 is 0 Å². The Balaban J connectivity index is -0.000000110. The van der Waals surface area contributed by atoms with Crippen molar-refractivity contribution in [3.05, 3.63) is 108 Å². The van der Waals surface area contributed by atoms with Gasteiger partial charge in [-0.25, -0.2) is 0 Å². The summed E-state index contributed by atoms with van der Waals surface area (Å²) in [6.45, 7) is 26.1. The molecule has 0 aliphatic rings. The van der Waals surface area contributed by atoms with E-state index in [-0.39, 0.29) is 0 Å². The van der Waals surface area contributed by atoms with Crippen LogP contribution in [-0.4, -0.2) is 0 Å². The van der Waals surface area contributed by atoms with Gasteiger partial charge in [0.2, 0.25) is 0 Å². The minimum absolute atomic E-state index is 1.03. The molecule has 0 unspecified atom stereocenters. The molecule has 0 atom stereocenters. The van der Waals surface area contributed by atoms with Crippen molar-refractivity contribution in [1.29, 1.82) is 0 Å². The van der Waals surface area contributed by atoms with Crippen LogP contribution in [0, 0.1) is 6.92 Å². The van der Waals surface area contributed by atoms with Crippen LogP contribution >= 0.6 is 0 Å². The van der Waals surface area contributed by atoms with E-state index in [1.807, 2.05) is 101 Å². The van der Waals surface area contributed by atoms with Gasteiger partial charge in [-0.1, -0.05) is 180 Å². The highest BCUT2D eigenvalue weighted by molar-refractivity contribution is 5.25. The van der Waals surface area contributed by atoms with Crippen LogP contribution < -0.4 is 0 Å². The number of hydrogen-bond acceptors (Lipinski definition) is 0. The summed E-state index contributed by atoms with van der Waals surface area (Å²) in [5, 5.41) is 0. The van der Waals surface area contributed by atoms with E-state index in [1.54, 1.807) is 0 Å². The van der Waals surface area contributed by atoms with Gasteiger partial charge in [-0.05, 0) is 24.5 Å². The predicted octanol–water partition coefficient (Wildman–Crippen LogP) is 11.4. The molecule has 3 aromatic rings. The Hall–Kier alpha value is -2.34. The van der Waals surface area contributed by atoms with E-state index in [9.17, 15) is 0 Å².